The zero-order valence-electron chi connectivity index (χ0n) is 12.0. The molecule has 0 aromatic heterocycles. The Kier molecular flexibility index (Phi) is 5.59. The fourth-order valence-corrected chi connectivity index (χ4v) is 3.96. The summed E-state index contributed by atoms with van der Waals surface area (Å²) in [6.45, 7) is 2.14. The lowest BCUT2D eigenvalue weighted by Crippen LogP contribution is -2.38. The first-order valence-corrected chi connectivity index (χ1v) is 8.96. The van der Waals surface area contributed by atoms with E-state index in [-0.39, 0.29) is 0 Å². The molecular weight excluding hydrogens is 254 g/mol. The van der Waals surface area contributed by atoms with E-state index in [0.717, 1.165) is 11.7 Å². The van der Waals surface area contributed by atoms with Gasteiger partial charge in [-0.2, -0.15) is 0 Å². The quantitative estimate of drug-likeness (QED) is 0.867. The summed E-state index contributed by atoms with van der Waals surface area (Å²) in [6, 6.07) is 11.8. The van der Waals surface area contributed by atoms with Gasteiger partial charge in [0, 0.05) is 34.9 Å². The van der Waals surface area contributed by atoms with Crippen LogP contribution in [0.4, 0.5) is 0 Å². The SMILES string of the molecule is C[C@H](C[S@](C)=O)N[C@H]1CC[C@H](Cc2ccccc2)C1. The van der Waals surface area contributed by atoms with Crippen LogP contribution in [0.1, 0.15) is 31.7 Å². The van der Waals surface area contributed by atoms with Crippen LogP contribution in [0.15, 0.2) is 30.3 Å². The van der Waals surface area contributed by atoms with Crippen molar-refractivity contribution in [3.8, 4) is 0 Å². The van der Waals surface area contributed by atoms with Gasteiger partial charge >= 0.3 is 0 Å². The molecule has 1 aromatic carbocycles. The minimum absolute atomic E-state index is 0.367. The van der Waals surface area contributed by atoms with Gasteiger partial charge in [-0.25, -0.2) is 0 Å². The monoisotopic (exact) mass is 279 g/mol. The second-order valence-electron chi connectivity index (χ2n) is 5.87. The summed E-state index contributed by atoms with van der Waals surface area (Å²) in [5.74, 6) is 1.57. The normalized spacial score (nSPS) is 26.2. The van der Waals surface area contributed by atoms with Crippen molar-refractivity contribution in [1.29, 1.82) is 0 Å². The van der Waals surface area contributed by atoms with E-state index >= 15 is 0 Å². The molecule has 3 heteroatoms. The van der Waals surface area contributed by atoms with Crippen LogP contribution in [-0.2, 0) is 17.2 Å². The van der Waals surface area contributed by atoms with Crippen LogP contribution in [0.3, 0.4) is 0 Å². The summed E-state index contributed by atoms with van der Waals surface area (Å²) < 4.78 is 11.2. The van der Waals surface area contributed by atoms with E-state index in [1.807, 2.05) is 0 Å². The van der Waals surface area contributed by atoms with Gasteiger partial charge in [-0.1, -0.05) is 30.3 Å². The van der Waals surface area contributed by atoms with Gasteiger partial charge in [0.2, 0.25) is 0 Å². The molecule has 19 heavy (non-hydrogen) atoms. The van der Waals surface area contributed by atoms with Gasteiger partial charge < -0.3 is 5.32 Å². The average Bonchev–Trinajstić information content (AvgIpc) is 2.76. The number of hydrogen-bond acceptors (Lipinski definition) is 2. The van der Waals surface area contributed by atoms with Gasteiger partial charge in [-0.3, -0.25) is 4.21 Å². The third kappa shape index (κ3) is 5.07. The third-order valence-electron chi connectivity index (χ3n) is 3.91. The van der Waals surface area contributed by atoms with E-state index in [9.17, 15) is 4.21 Å². The molecule has 0 spiro atoms. The smallest absolute Gasteiger partial charge is 0.0383 e. The number of rotatable bonds is 6. The maximum absolute atomic E-state index is 11.2. The van der Waals surface area contributed by atoms with Crippen LogP contribution in [0.5, 0.6) is 0 Å². The Labute approximate surface area is 119 Å². The minimum Gasteiger partial charge on any atom is -0.311 e. The summed E-state index contributed by atoms with van der Waals surface area (Å²) in [7, 11) is -0.698. The van der Waals surface area contributed by atoms with Crippen molar-refractivity contribution in [1.82, 2.24) is 5.32 Å². The Morgan fingerprint density at radius 3 is 2.74 bits per heavy atom. The van der Waals surface area contributed by atoms with Crippen molar-refractivity contribution in [3.63, 3.8) is 0 Å². The summed E-state index contributed by atoms with van der Waals surface area (Å²) in [4.78, 5) is 0. The Morgan fingerprint density at radius 2 is 2.05 bits per heavy atom. The highest BCUT2D eigenvalue weighted by Crippen LogP contribution is 2.28. The molecule has 0 amide bonds. The molecule has 0 unspecified atom stereocenters. The molecule has 1 aliphatic rings. The van der Waals surface area contributed by atoms with Gasteiger partial charge in [0.15, 0.2) is 0 Å². The largest absolute Gasteiger partial charge is 0.311 e. The molecule has 2 rings (SSSR count). The van der Waals surface area contributed by atoms with E-state index in [1.54, 1.807) is 6.26 Å². The molecule has 0 radical (unpaired) electrons. The zero-order chi connectivity index (χ0) is 13.7. The van der Waals surface area contributed by atoms with Crippen LogP contribution in [0.2, 0.25) is 0 Å². The molecule has 106 valence electrons. The highest BCUT2D eigenvalue weighted by atomic mass is 32.2. The fourth-order valence-electron chi connectivity index (χ4n) is 3.16. The van der Waals surface area contributed by atoms with Gasteiger partial charge in [0.1, 0.15) is 0 Å². The van der Waals surface area contributed by atoms with Gasteiger partial charge in [-0.05, 0) is 44.1 Å². The summed E-state index contributed by atoms with van der Waals surface area (Å²) >= 11 is 0. The second-order valence-corrected chi connectivity index (χ2v) is 7.35. The molecule has 1 saturated carbocycles. The average molecular weight is 279 g/mol. The maximum Gasteiger partial charge on any atom is 0.0383 e. The van der Waals surface area contributed by atoms with Crippen molar-refractivity contribution >= 4 is 10.8 Å². The molecule has 2 nitrogen and oxygen atoms in total. The molecule has 4 atom stereocenters. The molecule has 1 N–H and O–H groups in total. The predicted molar refractivity (Wildman–Crippen MR) is 82.8 cm³/mol. The molecule has 0 aliphatic heterocycles. The number of benzene rings is 1. The summed E-state index contributed by atoms with van der Waals surface area (Å²) in [6.07, 6.45) is 6.82. The van der Waals surface area contributed by atoms with Crippen molar-refractivity contribution in [2.45, 2.75) is 44.7 Å². The van der Waals surface area contributed by atoms with E-state index in [2.05, 4.69) is 42.6 Å². The number of hydrogen-bond donors (Lipinski definition) is 1. The van der Waals surface area contributed by atoms with E-state index in [0.29, 0.717) is 12.1 Å². The highest BCUT2D eigenvalue weighted by molar-refractivity contribution is 7.84. The first-order valence-electron chi connectivity index (χ1n) is 7.23. The lowest BCUT2D eigenvalue weighted by atomic mass is 9.98. The van der Waals surface area contributed by atoms with Crippen LogP contribution < -0.4 is 5.32 Å². The van der Waals surface area contributed by atoms with Crippen molar-refractivity contribution in [2.75, 3.05) is 12.0 Å². The molecule has 0 heterocycles. The topological polar surface area (TPSA) is 29.1 Å². The summed E-state index contributed by atoms with van der Waals surface area (Å²) in [5.41, 5.74) is 1.45. The van der Waals surface area contributed by atoms with E-state index < -0.39 is 10.8 Å². The van der Waals surface area contributed by atoms with Crippen LogP contribution in [0, 0.1) is 5.92 Å². The molecular formula is C16H25NOS. The lowest BCUT2D eigenvalue weighted by molar-refractivity contribution is 0.450. The van der Waals surface area contributed by atoms with Gasteiger partial charge in [0.05, 0.1) is 0 Å². The van der Waals surface area contributed by atoms with Gasteiger partial charge in [0.25, 0.3) is 0 Å². The predicted octanol–water partition coefficient (Wildman–Crippen LogP) is 2.75. The second kappa shape index (κ2) is 7.20. The Balaban J connectivity index is 1.75. The Morgan fingerprint density at radius 1 is 1.32 bits per heavy atom. The number of nitrogens with one attached hydrogen (secondary N) is 1. The molecule has 0 bridgehead atoms. The van der Waals surface area contributed by atoms with E-state index in [4.69, 9.17) is 0 Å². The standard InChI is InChI=1S/C16H25NOS/c1-13(12-19(2)18)17-16-9-8-15(11-16)10-14-6-4-3-5-7-14/h3-7,13,15-17H,8-12H2,1-2H3/t13-,15-,16+,19+/m1/s1. The van der Waals surface area contributed by atoms with Crippen LogP contribution in [0.25, 0.3) is 0 Å². The highest BCUT2D eigenvalue weighted by Gasteiger charge is 2.25. The van der Waals surface area contributed by atoms with Crippen LogP contribution >= 0.6 is 0 Å². The fraction of sp³-hybridized carbons (Fsp3) is 0.625. The molecule has 1 aliphatic carbocycles. The first-order chi connectivity index (χ1) is 9.13. The van der Waals surface area contributed by atoms with E-state index in [1.165, 1.54) is 31.2 Å². The Hall–Kier alpha value is -0.670. The molecule has 1 fully saturated rings. The molecule has 1 aromatic rings. The minimum atomic E-state index is -0.698. The lowest BCUT2D eigenvalue weighted by Gasteiger charge is -2.18. The zero-order valence-corrected chi connectivity index (χ0v) is 12.8. The first kappa shape index (κ1) is 14.7. The van der Waals surface area contributed by atoms with Crippen molar-refractivity contribution in [2.24, 2.45) is 5.92 Å². The Bertz CT molecular complexity index is 406. The maximum atomic E-state index is 11.2. The summed E-state index contributed by atoms with van der Waals surface area (Å²) in [5, 5.41) is 3.63. The molecule has 0 saturated heterocycles. The third-order valence-corrected chi connectivity index (χ3v) is 4.88. The van der Waals surface area contributed by atoms with Crippen molar-refractivity contribution in [3.05, 3.63) is 35.9 Å². The van der Waals surface area contributed by atoms with Crippen molar-refractivity contribution < 1.29 is 4.21 Å². The van der Waals surface area contributed by atoms with Crippen LogP contribution in [-0.4, -0.2) is 28.3 Å². The van der Waals surface area contributed by atoms with Gasteiger partial charge in [-0.15, -0.1) is 0 Å².